The first kappa shape index (κ1) is 15.4. The van der Waals surface area contributed by atoms with Gasteiger partial charge in [-0.15, -0.1) is 11.3 Å². The highest BCUT2D eigenvalue weighted by atomic mass is 32.1. The van der Waals surface area contributed by atoms with Gasteiger partial charge in [-0.3, -0.25) is 4.79 Å². The summed E-state index contributed by atoms with van der Waals surface area (Å²) in [4.78, 5) is 24.9. The number of carbonyl (C=O) groups excluding carboxylic acids is 2. The standard InChI is InChI=1S/C17H18O3S/c1-13(18)16-11-10-15(21-16)9-5-6-12-20-17(19)14-7-3-2-4-8-14/h2-4,7-8,10-11H,5-6,9,12H2,1H3. The number of hydrogen-bond donors (Lipinski definition) is 0. The van der Waals surface area contributed by atoms with Gasteiger partial charge in [0.25, 0.3) is 0 Å². The first-order valence-electron chi connectivity index (χ1n) is 6.98. The molecule has 0 aliphatic carbocycles. The van der Waals surface area contributed by atoms with Crippen molar-refractivity contribution in [1.29, 1.82) is 0 Å². The maximum atomic E-state index is 11.7. The Kier molecular flexibility index (Phi) is 5.69. The summed E-state index contributed by atoms with van der Waals surface area (Å²) in [5.74, 6) is -0.159. The molecule has 4 heteroatoms. The largest absolute Gasteiger partial charge is 0.462 e. The lowest BCUT2D eigenvalue weighted by Crippen LogP contribution is -2.06. The molecule has 1 aromatic heterocycles. The van der Waals surface area contributed by atoms with E-state index in [-0.39, 0.29) is 11.8 Å². The zero-order valence-corrected chi connectivity index (χ0v) is 12.8. The fourth-order valence-corrected chi connectivity index (χ4v) is 2.87. The van der Waals surface area contributed by atoms with Crippen LogP contribution in [0.2, 0.25) is 0 Å². The summed E-state index contributed by atoms with van der Waals surface area (Å²) in [6.45, 7) is 2.01. The summed E-state index contributed by atoms with van der Waals surface area (Å²) in [6.07, 6.45) is 2.69. The minimum atomic E-state index is -0.273. The fourth-order valence-electron chi connectivity index (χ4n) is 1.93. The number of aryl methyl sites for hydroxylation is 1. The molecule has 2 aromatic rings. The van der Waals surface area contributed by atoms with Gasteiger partial charge in [0.1, 0.15) is 0 Å². The van der Waals surface area contributed by atoms with Gasteiger partial charge in [-0.1, -0.05) is 18.2 Å². The van der Waals surface area contributed by atoms with Crippen LogP contribution in [0, 0.1) is 0 Å². The van der Waals surface area contributed by atoms with Crippen LogP contribution in [0.15, 0.2) is 42.5 Å². The highest BCUT2D eigenvalue weighted by Gasteiger charge is 2.06. The Morgan fingerprint density at radius 3 is 2.48 bits per heavy atom. The molecule has 0 aliphatic rings. The van der Waals surface area contributed by atoms with Gasteiger partial charge in [0.2, 0.25) is 0 Å². The lowest BCUT2D eigenvalue weighted by Gasteiger charge is -2.04. The van der Waals surface area contributed by atoms with Gasteiger partial charge in [0.05, 0.1) is 17.0 Å². The van der Waals surface area contributed by atoms with Crippen molar-refractivity contribution in [2.75, 3.05) is 6.61 Å². The molecule has 110 valence electrons. The molecule has 0 saturated carbocycles. The van der Waals surface area contributed by atoms with Crippen LogP contribution in [0.25, 0.3) is 0 Å². The third-order valence-corrected chi connectivity index (χ3v) is 4.31. The maximum absolute atomic E-state index is 11.7. The number of ketones is 1. The Bertz CT molecular complexity index is 602. The Morgan fingerprint density at radius 1 is 1.05 bits per heavy atom. The molecule has 21 heavy (non-hydrogen) atoms. The van der Waals surface area contributed by atoms with E-state index in [1.54, 1.807) is 30.4 Å². The van der Waals surface area contributed by atoms with Gasteiger partial charge in [0.15, 0.2) is 5.78 Å². The molecule has 0 bridgehead atoms. The van der Waals surface area contributed by atoms with E-state index in [0.717, 1.165) is 24.1 Å². The summed E-state index contributed by atoms with van der Waals surface area (Å²) in [6, 6.07) is 12.9. The van der Waals surface area contributed by atoms with Gasteiger partial charge in [0, 0.05) is 4.88 Å². The highest BCUT2D eigenvalue weighted by Crippen LogP contribution is 2.19. The molecule has 0 saturated heterocycles. The lowest BCUT2D eigenvalue weighted by molar-refractivity contribution is 0.0498. The van der Waals surface area contributed by atoms with E-state index in [9.17, 15) is 9.59 Å². The van der Waals surface area contributed by atoms with E-state index < -0.39 is 0 Å². The van der Waals surface area contributed by atoms with E-state index >= 15 is 0 Å². The molecule has 0 amide bonds. The smallest absolute Gasteiger partial charge is 0.338 e. The Balaban J connectivity index is 1.66. The molecule has 0 atom stereocenters. The van der Waals surface area contributed by atoms with Crippen LogP contribution >= 0.6 is 11.3 Å². The Labute approximate surface area is 128 Å². The minimum absolute atomic E-state index is 0.114. The topological polar surface area (TPSA) is 43.4 Å². The van der Waals surface area contributed by atoms with Crippen molar-refractivity contribution in [3.63, 3.8) is 0 Å². The van der Waals surface area contributed by atoms with Crippen LogP contribution in [0.3, 0.4) is 0 Å². The predicted octanol–water partition coefficient (Wildman–Crippen LogP) is 4.13. The number of thiophene rings is 1. The number of carbonyl (C=O) groups is 2. The zero-order chi connectivity index (χ0) is 15.1. The maximum Gasteiger partial charge on any atom is 0.338 e. The monoisotopic (exact) mass is 302 g/mol. The van der Waals surface area contributed by atoms with E-state index in [2.05, 4.69) is 0 Å². The average molecular weight is 302 g/mol. The average Bonchev–Trinajstić information content (AvgIpc) is 2.97. The molecule has 3 nitrogen and oxygen atoms in total. The van der Waals surface area contributed by atoms with Crippen LogP contribution in [0.1, 0.15) is 44.7 Å². The molecule has 0 spiro atoms. The van der Waals surface area contributed by atoms with Crippen LogP contribution in [0.4, 0.5) is 0 Å². The number of esters is 1. The van der Waals surface area contributed by atoms with Crippen molar-refractivity contribution in [1.82, 2.24) is 0 Å². The first-order valence-corrected chi connectivity index (χ1v) is 7.80. The second-order valence-corrected chi connectivity index (χ2v) is 5.95. The van der Waals surface area contributed by atoms with Gasteiger partial charge in [-0.05, 0) is 50.5 Å². The molecule has 0 N–H and O–H groups in total. The molecule has 0 unspecified atom stereocenters. The Morgan fingerprint density at radius 2 is 1.81 bits per heavy atom. The highest BCUT2D eigenvalue weighted by molar-refractivity contribution is 7.14. The number of unbranched alkanes of at least 4 members (excludes halogenated alkanes) is 1. The van der Waals surface area contributed by atoms with Gasteiger partial charge < -0.3 is 4.74 Å². The number of rotatable bonds is 7. The van der Waals surface area contributed by atoms with Crippen molar-refractivity contribution in [2.45, 2.75) is 26.2 Å². The normalized spacial score (nSPS) is 10.3. The Hall–Kier alpha value is -1.94. The molecule has 0 aliphatic heterocycles. The van der Waals surface area contributed by atoms with E-state index in [4.69, 9.17) is 4.74 Å². The molecular formula is C17H18O3S. The number of benzene rings is 1. The van der Waals surface area contributed by atoms with Crippen LogP contribution in [-0.2, 0) is 11.2 Å². The number of ether oxygens (including phenoxy) is 1. The SMILES string of the molecule is CC(=O)c1ccc(CCCCOC(=O)c2ccccc2)s1. The van der Waals surface area contributed by atoms with Crippen molar-refractivity contribution in [3.05, 3.63) is 57.8 Å². The second kappa shape index (κ2) is 7.74. The number of Topliss-reactive ketones (excluding diaryl/α,β-unsaturated/α-hetero) is 1. The van der Waals surface area contributed by atoms with Gasteiger partial charge in [-0.25, -0.2) is 4.79 Å². The molecule has 0 fully saturated rings. The molecule has 0 radical (unpaired) electrons. The van der Waals surface area contributed by atoms with Crippen molar-refractivity contribution < 1.29 is 14.3 Å². The third-order valence-electron chi connectivity index (χ3n) is 3.07. The predicted molar refractivity (Wildman–Crippen MR) is 84.0 cm³/mol. The first-order chi connectivity index (χ1) is 10.2. The lowest BCUT2D eigenvalue weighted by atomic mass is 10.2. The third kappa shape index (κ3) is 4.83. The molecule has 1 heterocycles. The van der Waals surface area contributed by atoms with E-state index in [1.165, 1.54) is 4.88 Å². The van der Waals surface area contributed by atoms with Crippen molar-refractivity contribution in [3.8, 4) is 0 Å². The van der Waals surface area contributed by atoms with Crippen LogP contribution < -0.4 is 0 Å². The van der Waals surface area contributed by atoms with E-state index in [1.807, 2.05) is 30.3 Å². The van der Waals surface area contributed by atoms with Gasteiger partial charge in [-0.2, -0.15) is 0 Å². The second-order valence-electron chi connectivity index (χ2n) is 4.78. The van der Waals surface area contributed by atoms with Crippen molar-refractivity contribution >= 4 is 23.1 Å². The van der Waals surface area contributed by atoms with E-state index in [0.29, 0.717) is 12.2 Å². The summed E-state index contributed by atoms with van der Waals surface area (Å²) >= 11 is 1.54. The zero-order valence-electron chi connectivity index (χ0n) is 12.0. The van der Waals surface area contributed by atoms with Crippen molar-refractivity contribution in [2.24, 2.45) is 0 Å². The molecular weight excluding hydrogens is 284 g/mol. The summed E-state index contributed by atoms with van der Waals surface area (Å²) in [7, 11) is 0. The van der Waals surface area contributed by atoms with Gasteiger partial charge >= 0.3 is 5.97 Å². The van der Waals surface area contributed by atoms with Crippen LogP contribution in [-0.4, -0.2) is 18.4 Å². The fraction of sp³-hybridized carbons (Fsp3) is 0.294. The minimum Gasteiger partial charge on any atom is -0.462 e. The van der Waals surface area contributed by atoms with Crippen LogP contribution in [0.5, 0.6) is 0 Å². The number of hydrogen-bond acceptors (Lipinski definition) is 4. The summed E-state index contributed by atoms with van der Waals surface area (Å²) in [5.41, 5.74) is 0.585. The molecule has 1 aromatic carbocycles. The summed E-state index contributed by atoms with van der Waals surface area (Å²) in [5, 5.41) is 0. The summed E-state index contributed by atoms with van der Waals surface area (Å²) < 4.78 is 5.22. The quantitative estimate of drug-likeness (QED) is 0.439. The molecule has 2 rings (SSSR count).